The van der Waals surface area contributed by atoms with Gasteiger partial charge >= 0.3 is 0 Å². The van der Waals surface area contributed by atoms with Crippen LogP contribution in [0.25, 0.3) is 0 Å². The molecule has 0 amide bonds. The monoisotopic (exact) mass is 303 g/mol. The predicted octanol–water partition coefficient (Wildman–Crippen LogP) is 2.01. The van der Waals surface area contributed by atoms with Crippen LogP contribution in [0.3, 0.4) is 0 Å². The summed E-state index contributed by atoms with van der Waals surface area (Å²) in [5.74, 6) is 0.298. The molecule has 2 atom stereocenters. The van der Waals surface area contributed by atoms with Gasteiger partial charge in [-0.3, -0.25) is 0 Å². The minimum Gasteiger partial charge on any atom is -0.374 e. The van der Waals surface area contributed by atoms with Gasteiger partial charge < -0.3 is 4.74 Å². The smallest absolute Gasteiger partial charge is 0.243 e. The molecule has 19 heavy (non-hydrogen) atoms. The number of benzene rings is 1. The molecule has 0 aliphatic carbocycles. The van der Waals surface area contributed by atoms with E-state index in [4.69, 9.17) is 16.3 Å². The maximum Gasteiger partial charge on any atom is 0.243 e. The predicted molar refractivity (Wildman–Crippen MR) is 75.0 cm³/mol. The Morgan fingerprint density at radius 2 is 2.00 bits per heavy atom. The second-order valence-corrected chi connectivity index (χ2v) is 7.05. The number of hydrogen-bond acceptors (Lipinski definition) is 3. The van der Waals surface area contributed by atoms with Crippen molar-refractivity contribution in [1.82, 2.24) is 4.31 Å². The molecular weight excluding hydrogens is 286 g/mol. The molecule has 1 aromatic rings. The van der Waals surface area contributed by atoms with Crippen LogP contribution < -0.4 is 0 Å². The molecule has 106 valence electrons. The number of aryl methyl sites for hydroxylation is 1. The SMILES string of the molecule is Cc1ccc(S(=O)(=O)N2CC(CCl)OCC2C)cc1. The van der Waals surface area contributed by atoms with Crippen LogP contribution in [0.1, 0.15) is 12.5 Å². The standard InChI is InChI=1S/C13H18ClNO3S/c1-10-3-5-13(6-4-10)19(16,17)15-8-12(7-14)18-9-11(15)2/h3-6,11-12H,7-9H2,1-2H3. The van der Waals surface area contributed by atoms with Gasteiger partial charge in [-0.1, -0.05) is 17.7 Å². The first-order chi connectivity index (χ1) is 8.95. The highest BCUT2D eigenvalue weighted by Gasteiger charge is 2.35. The molecule has 1 aliphatic heterocycles. The Morgan fingerprint density at radius 3 is 2.58 bits per heavy atom. The number of nitrogens with zero attached hydrogens (tertiary/aromatic N) is 1. The lowest BCUT2D eigenvalue weighted by atomic mass is 10.2. The third-order valence-corrected chi connectivity index (χ3v) is 5.59. The Hall–Kier alpha value is -0.620. The number of alkyl halides is 1. The van der Waals surface area contributed by atoms with Gasteiger partial charge in [-0.15, -0.1) is 11.6 Å². The zero-order chi connectivity index (χ0) is 14.0. The lowest BCUT2D eigenvalue weighted by Crippen LogP contribution is -2.51. The lowest BCUT2D eigenvalue weighted by molar-refractivity contribution is -0.0152. The fraction of sp³-hybridized carbons (Fsp3) is 0.538. The molecule has 0 spiro atoms. The second-order valence-electron chi connectivity index (χ2n) is 4.85. The fourth-order valence-corrected chi connectivity index (χ4v) is 3.90. The third-order valence-electron chi connectivity index (χ3n) is 3.25. The summed E-state index contributed by atoms with van der Waals surface area (Å²) in [7, 11) is -3.48. The molecule has 6 heteroatoms. The number of rotatable bonds is 3. The van der Waals surface area contributed by atoms with Crippen molar-refractivity contribution in [3.05, 3.63) is 29.8 Å². The van der Waals surface area contributed by atoms with E-state index in [1.165, 1.54) is 4.31 Å². The molecule has 1 aliphatic rings. The van der Waals surface area contributed by atoms with E-state index in [0.29, 0.717) is 23.9 Å². The molecule has 2 rings (SSSR count). The van der Waals surface area contributed by atoms with Crippen molar-refractivity contribution in [1.29, 1.82) is 0 Å². The van der Waals surface area contributed by atoms with Gasteiger partial charge in [-0.05, 0) is 26.0 Å². The molecule has 0 radical (unpaired) electrons. The minimum atomic E-state index is -3.48. The number of sulfonamides is 1. The summed E-state index contributed by atoms with van der Waals surface area (Å²) in [5.41, 5.74) is 1.03. The molecule has 2 unspecified atom stereocenters. The molecule has 0 aromatic heterocycles. The summed E-state index contributed by atoms with van der Waals surface area (Å²) in [6.45, 7) is 4.46. The quantitative estimate of drug-likeness (QED) is 0.803. The van der Waals surface area contributed by atoms with E-state index in [0.717, 1.165) is 5.56 Å². The first-order valence-electron chi connectivity index (χ1n) is 6.21. The number of morpholine rings is 1. The van der Waals surface area contributed by atoms with Crippen LogP contribution in [0.15, 0.2) is 29.2 Å². The summed E-state index contributed by atoms with van der Waals surface area (Å²) < 4.78 is 32.2. The highest BCUT2D eigenvalue weighted by atomic mass is 35.5. The van der Waals surface area contributed by atoms with Crippen molar-refractivity contribution < 1.29 is 13.2 Å². The van der Waals surface area contributed by atoms with Gasteiger partial charge in [0, 0.05) is 18.5 Å². The summed E-state index contributed by atoms with van der Waals surface area (Å²) in [5, 5.41) is 0. The number of hydrogen-bond donors (Lipinski definition) is 0. The molecular formula is C13H18ClNO3S. The van der Waals surface area contributed by atoms with Crippen LogP contribution in [0.5, 0.6) is 0 Å². The summed E-state index contributed by atoms with van der Waals surface area (Å²) in [4.78, 5) is 0.320. The van der Waals surface area contributed by atoms with Gasteiger partial charge in [0.1, 0.15) is 0 Å². The Morgan fingerprint density at radius 1 is 1.37 bits per heavy atom. The molecule has 1 saturated heterocycles. The second kappa shape index (κ2) is 5.79. The van der Waals surface area contributed by atoms with Crippen LogP contribution in [0.4, 0.5) is 0 Å². The van der Waals surface area contributed by atoms with Gasteiger partial charge in [0.25, 0.3) is 0 Å². The van der Waals surface area contributed by atoms with Crippen molar-refractivity contribution in [2.75, 3.05) is 19.0 Å². The van der Waals surface area contributed by atoms with Crippen molar-refractivity contribution >= 4 is 21.6 Å². The normalized spacial score (nSPS) is 25.4. The average Bonchev–Trinajstić information content (AvgIpc) is 2.39. The summed E-state index contributed by atoms with van der Waals surface area (Å²) >= 11 is 5.76. The van der Waals surface area contributed by atoms with E-state index in [-0.39, 0.29) is 12.1 Å². The van der Waals surface area contributed by atoms with Gasteiger partial charge in [-0.25, -0.2) is 8.42 Å². The van der Waals surface area contributed by atoms with Gasteiger partial charge in [0.05, 0.1) is 17.6 Å². The molecule has 0 bridgehead atoms. The third kappa shape index (κ3) is 3.11. The Balaban J connectivity index is 2.29. The molecule has 1 aromatic carbocycles. The van der Waals surface area contributed by atoms with Crippen LogP contribution in [-0.2, 0) is 14.8 Å². The zero-order valence-corrected chi connectivity index (χ0v) is 12.6. The molecule has 0 N–H and O–H groups in total. The maximum absolute atomic E-state index is 12.6. The van der Waals surface area contributed by atoms with Gasteiger partial charge in [0.15, 0.2) is 0 Å². The van der Waals surface area contributed by atoms with E-state index in [1.54, 1.807) is 24.3 Å². The van der Waals surface area contributed by atoms with Crippen molar-refractivity contribution in [3.63, 3.8) is 0 Å². The Bertz CT molecular complexity index is 529. The average molecular weight is 304 g/mol. The maximum atomic E-state index is 12.6. The van der Waals surface area contributed by atoms with Crippen molar-refractivity contribution in [2.45, 2.75) is 30.9 Å². The number of ether oxygens (including phenoxy) is 1. The molecule has 1 fully saturated rings. The van der Waals surface area contributed by atoms with E-state index in [9.17, 15) is 8.42 Å². The van der Waals surface area contributed by atoms with E-state index >= 15 is 0 Å². The Labute approximate surface area is 119 Å². The lowest BCUT2D eigenvalue weighted by Gasteiger charge is -2.36. The number of halogens is 1. The van der Waals surface area contributed by atoms with Crippen LogP contribution in [0.2, 0.25) is 0 Å². The summed E-state index contributed by atoms with van der Waals surface area (Å²) in [6, 6.07) is 6.71. The fourth-order valence-electron chi connectivity index (χ4n) is 2.07. The largest absolute Gasteiger partial charge is 0.374 e. The van der Waals surface area contributed by atoms with Gasteiger partial charge in [-0.2, -0.15) is 4.31 Å². The van der Waals surface area contributed by atoms with Gasteiger partial charge in [0.2, 0.25) is 10.0 Å². The first kappa shape index (κ1) is 14.8. The van der Waals surface area contributed by atoms with Crippen LogP contribution >= 0.6 is 11.6 Å². The highest BCUT2D eigenvalue weighted by molar-refractivity contribution is 7.89. The van der Waals surface area contributed by atoms with Crippen molar-refractivity contribution in [3.8, 4) is 0 Å². The van der Waals surface area contributed by atoms with Crippen molar-refractivity contribution in [2.24, 2.45) is 0 Å². The van der Waals surface area contributed by atoms with Crippen LogP contribution in [-0.4, -0.2) is 43.9 Å². The van der Waals surface area contributed by atoms with E-state index in [1.807, 2.05) is 13.8 Å². The van der Waals surface area contributed by atoms with E-state index in [2.05, 4.69) is 0 Å². The molecule has 0 saturated carbocycles. The Kier molecular flexibility index (Phi) is 4.50. The highest BCUT2D eigenvalue weighted by Crippen LogP contribution is 2.23. The minimum absolute atomic E-state index is 0.175. The zero-order valence-electron chi connectivity index (χ0n) is 11.0. The first-order valence-corrected chi connectivity index (χ1v) is 8.18. The molecule has 4 nitrogen and oxygen atoms in total. The molecule has 1 heterocycles. The summed E-state index contributed by atoms with van der Waals surface area (Å²) in [6.07, 6.45) is -0.238. The van der Waals surface area contributed by atoms with E-state index < -0.39 is 10.0 Å². The van der Waals surface area contributed by atoms with Crippen LogP contribution in [0, 0.1) is 6.92 Å². The topological polar surface area (TPSA) is 46.6 Å².